The van der Waals surface area contributed by atoms with E-state index >= 15 is 0 Å². The highest BCUT2D eigenvalue weighted by atomic mass is 35.5. The van der Waals surface area contributed by atoms with E-state index in [1.54, 1.807) is 38.1 Å². The highest BCUT2D eigenvalue weighted by molar-refractivity contribution is 7.92. The molecule has 4 rings (SSSR count). The number of carbonyl (C=O) groups is 2. The number of sulfonamides is 1. The van der Waals surface area contributed by atoms with E-state index in [2.05, 4.69) is 14.9 Å². The maximum absolute atomic E-state index is 13.7. The second kappa shape index (κ2) is 13.4. The molecule has 0 radical (unpaired) electrons. The van der Waals surface area contributed by atoms with E-state index in [9.17, 15) is 31.2 Å². The molecule has 0 bridgehead atoms. The van der Waals surface area contributed by atoms with Crippen LogP contribution in [-0.4, -0.2) is 50.0 Å². The summed E-state index contributed by atoms with van der Waals surface area (Å²) < 4.78 is 69.4. The van der Waals surface area contributed by atoms with Crippen molar-refractivity contribution in [3.05, 3.63) is 99.0 Å². The van der Waals surface area contributed by atoms with Gasteiger partial charge in [0.15, 0.2) is 0 Å². The zero-order valence-electron chi connectivity index (χ0n) is 23.7. The molecule has 1 aliphatic heterocycles. The van der Waals surface area contributed by atoms with Crippen LogP contribution in [0.2, 0.25) is 10.0 Å². The molecular formula is C30H31Cl2F3N4O4S. The van der Waals surface area contributed by atoms with Gasteiger partial charge >= 0.3 is 6.18 Å². The first-order valence-electron chi connectivity index (χ1n) is 13.6. The normalized spacial score (nSPS) is 15.2. The lowest BCUT2D eigenvalue weighted by Crippen LogP contribution is -2.51. The number of primary amides is 1. The third-order valence-electron chi connectivity index (χ3n) is 7.23. The third-order valence-corrected chi connectivity index (χ3v) is 9.19. The van der Waals surface area contributed by atoms with Crippen LogP contribution < -0.4 is 15.8 Å². The Hall–Kier alpha value is -3.32. The molecule has 1 atom stereocenters. The summed E-state index contributed by atoms with van der Waals surface area (Å²) in [4.78, 5) is 26.6. The summed E-state index contributed by atoms with van der Waals surface area (Å²) in [6.07, 6.45) is -4.87. The molecule has 1 aliphatic rings. The topological polar surface area (TPSA) is 122 Å². The van der Waals surface area contributed by atoms with Crippen molar-refractivity contribution < 1.29 is 31.2 Å². The summed E-state index contributed by atoms with van der Waals surface area (Å²) in [6.45, 7) is 4.01. The molecule has 2 amide bonds. The Morgan fingerprint density at radius 3 is 1.93 bits per heavy atom. The molecule has 8 nitrogen and oxygen atoms in total. The van der Waals surface area contributed by atoms with Crippen LogP contribution in [0.5, 0.6) is 0 Å². The van der Waals surface area contributed by atoms with Gasteiger partial charge in [-0.3, -0.25) is 19.2 Å². The average Bonchev–Trinajstić information content (AvgIpc) is 2.90. The second-order valence-electron chi connectivity index (χ2n) is 11.1. The zero-order valence-corrected chi connectivity index (χ0v) is 26.1. The molecule has 1 fully saturated rings. The van der Waals surface area contributed by atoms with Gasteiger partial charge in [0, 0.05) is 40.3 Å². The molecule has 0 spiro atoms. The maximum Gasteiger partial charge on any atom is 0.416 e. The molecule has 0 aromatic heterocycles. The van der Waals surface area contributed by atoms with Crippen LogP contribution in [0.4, 0.5) is 18.9 Å². The van der Waals surface area contributed by atoms with Gasteiger partial charge in [-0.2, -0.15) is 13.2 Å². The monoisotopic (exact) mass is 670 g/mol. The molecule has 3 aromatic rings. The fraction of sp³-hybridized carbons (Fsp3) is 0.333. The molecule has 4 N–H and O–H groups in total. The van der Waals surface area contributed by atoms with Crippen LogP contribution in [0.3, 0.4) is 0 Å². The average molecular weight is 672 g/mol. The number of nitrogens with zero attached hydrogens (tertiary/aromatic N) is 1. The van der Waals surface area contributed by atoms with Crippen molar-refractivity contribution >= 4 is 50.7 Å². The highest BCUT2D eigenvalue weighted by Gasteiger charge is 2.37. The summed E-state index contributed by atoms with van der Waals surface area (Å²) >= 11 is 12.1. The molecule has 236 valence electrons. The third kappa shape index (κ3) is 8.44. The lowest BCUT2D eigenvalue weighted by Gasteiger charge is -2.44. The van der Waals surface area contributed by atoms with Crippen molar-refractivity contribution in [3.63, 3.8) is 0 Å². The van der Waals surface area contributed by atoms with E-state index in [0.717, 1.165) is 17.2 Å². The minimum Gasteiger partial charge on any atom is -0.368 e. The van der Waals surface area contributed by atoms with E-state index in [4.69, 9.17) is 28.9 Å². The molecule has 1 heterocycles. The van der Waals surface area contributed by atoms with Crippen LogP contribution in [0.15, 0.2) is 66.7 Å². The van der Waals surface area contributed by atoms with Gasteiger partial charge in [0.05, 0.1) is 17.4 Å². The molecule has 14 heteroatoms. The zero-order chi connectivity index (χ0) is 32.4. The minimum absolute atomic E-state index is 0.198. The maximum atomic E-state index is 13.7. The van der Waals surface area contributed by atoms with Crippen LogP contribution in [0, 0.1) is 11.8 Å². The van der Waals surface area contributed by atoms with Gasteiger partial charge in [-0.15, -0.1) is 0 Å². The summed E-state index contributed by atoms with van der Waals surface area (Å²) in [5.41, 5.74) is 5.06. The van der Waals surface area contributed by atoms with Crippen LogP contribution in [0.1, 0.15) is 46.9 Å². The van der Waals surface area contributed by atoms with Gasteiger partial charge in [0.1, 0.15) is 6.04 Å². The van der Waals surface area contributed by atoms with Crippen molar-refractivity contribution in [2.24, 2.45) is 17.6 Å². The molecule has 0 saturated carbocycles. The first-order valence-corrected chi connectivity index (χ1v) is 16.0. The number of alkyl halides is 3. The Labute approximate surface area is 263 Å². The number of nitrogens with two attached hydrogens (primary N) is 1. The van der Waals surface area contributed by atoms with Crippen molar-refractivity contribution in [1.29, 1.82) is 0 Å². The van der Waals surface area contributed by atoms with E-state index in [1.807, 2.05) is 24.3 Å². The Morgan fingerprint density at radius 2 is 1.48 bits per heavy atom. The number of halogens is 5. The smallest absolute Gasteiger partial charge is 0.368 e. The molecule has 1 unspecified atom stereocenters. The number of nitrogens with one attached hydrogen (secondary N) is 2. The van der Waals surface area contributed by atoms with Gasteiger partial charge in [0.25, 0.3) is 5.91 Å². The van der Waals surface area contributed by atoms with Crippen LogP contribution in [-0.2, 0) is 21.0 Å². The van der Waals surface area contributed by atoms with Crippen LogP contribution >= 0.6 is 23.2 Å². The summed E-state index contributed by atoms with van der Waals surface area (Å²) in [5.74, 6) is -2.96. The van der Waals surface area contributed by atoms with Crippen LogP contribution in [0.25, 0.3) is 0 Å². The van der Waals surface area contributed by atoms with Gasteiger partial charge in [0.2, 0.25) is 15.9 Å². The number of hydrogen-bond donors (Lipinski definition) is 3. The lowest BCUT2D eigenvalue weighted by molar-refractivity contribution is -0.137. The van der Waals surface area contributed by atoms with E-state index in [0.29, 0.717) is 35.3 Å². The van der Waals surface area contributed by atoms with Crippen molar-refractivity contribution in [1.82, 2.24) is 10.2 Å². The standard InChI is InChI=1S/C30H31Cl2F3N4O4S/c1-17(2)26(28(36)40)37-29(41)21-11-22(30(33,34)35)13-25(12-21)38-44(42,43)16-18-14-39(15-18)27(19-3-7-23(31)8-4-19)20-5-9-24(32)10-6-20/h3-13,17-18,26-27,38H,14-16H2,1-2H3,(H2,36,40)(H,37,41). The fourth-order valence-corrected chi connectivity index (χ4v) is 6.78. The molecule has 0 aliphatic carbocycles. The van der Waals surface area contributed by atoms with E-state index in [1.165, 1.54) is 0 Å². The Bertz CT molecular complexity index is 1570. The molecular weight excluding hydrogens is 640 g/mol. The summed E-state index contributed by atoms with van der Waals surface area (Å²) in [5, 5.41) is 3.47. The number of amides is 2. The van der Waals surface area contributed by atoms with Crippen molar-refractivity contribution in [2.45, 2.75) is 32.1 Å². The van der Waals surface area contributed by atoms with E-state index in [-0.39, 0.29) is 17.7 Å². The predicted octanol–water partition coefficient (Wildman–Crippen LogP) is 5.72. The minimum atomic E-state index is -4.87. The van der Waals surface area contributed by atoms with Crippen molar-refractivity contribution in [2.75, 3.05) is 23.6 Å². The number of rotatable bonds is 11. The summed E-state index contributed by atoms with van der Waals surface area (Å²) in [7, 11) is -4.12. The quantitative estimate of drug-likeness (QED) is 0.241. The lowest BCUT2D eigenvalue weighted by atomic mass is 9.91. The van der Waals surface area contributed by atoms with E-state index < -0.39 is 56.8 Å². The Morgan fingerprint density at radius 1 is 0.955 bits per heavy atom. The second-order valence-corrected chi connectivity index (χ2v) is 13.7. The fourth-order valence-electron chi connectivity index (χ4n) is 5.13. The van der Waals surface area contributed by atoms with Gasteiger partial charge in [-0.1, -0.05) is 61.3 Å². The molecule has 1 saturated heterocycles. The first kappa shape index (κ1) is 33.6. The number of benzene rings is 3. The number of likely N-dealkylation sites (tertiary alicyclic amines) is 1. The van der Waals surface area contributed by atoms with Gasteiger partial charge in [-0.05, 0) is 59.5 Å². The Kier molecular flexibility index (Phi) is 10.2. The predicted molar refractivity (Wildman–Crippen MR) is 164 cm³/mol. The number of carbonyl (C=O) groups excluding carboxylic acids is 2. The number of anilines is 1. The largest absolute Gasteiger partial charge is 0.416 e. The first-order chi connectivity index (χ1) is 20.5. The Balaban J connectivity index is 1.50. The molecule has 3 aromatic carbocycles. The number of hydrogen-bond acceptors (Lipinski definition) is 5. The van der Waals surface area contributed by atoms with Crippen molar-refractivity contribution in [3.8, 4) is 0 Å². The van der Waals surface area contributed by atoms with Gasteiger partial charge in [-0.25, -0.2) is 8.42 Å². The van der Waals surface area contributed by atoms with Gasteiger partial charge < -0.3 is 11.1 Å². The highest BCUT2D eigenvalue weighted by Crippen LogP contribution is 2.36. The summed E-state index contributed by atoms with van der Waals surface area (Å²) in [6, 6.07) is 15.5. The SMILES string of the molecule is CC(C)C(NC(=O)c1cc(NS(=O)(=O)CC2CN(C(c3ccc(Cl)cc3)c3ccc(Cl)cc3)C2)cc(C(F)(F)F)c1)C(N)=O. The molecule has 44 heavy (non-hydrogen) atoms.